The third-order valence-corrected chi connectivity index (χ3v) is 2.80. The Hall–Kier alpha value is -1.11. The second-order valence-electron chi connectivity index (χ2n) is 4.17. The van der Waals surface area contributed by atoms with Crippen LogP contribution in [0.1, 0.15) is 0 Å². The van der Waals surface area contributed by atoms with Crippen LogP contribution in [0.25, 0.3) is 0 Å². The quantitative estimate of drug-likeness (QED) is 0.748. The van der Waals surface area contributed by atoms with E-state index < -0.39 is 10.4 Å². The first-order valence-corrected chi connectivity index (χ1v) is 6.00. The summed E-state index contributed by atoms with van der Waals surface area (Å²) in [6.07, 6.45) is 0. The van der Waals surface area contributed by atoms with E-state index in [-0.39, 0.29) is 5.75 Å². The van der Waals surface area contributed by atoms with Crippen LogP contribution < -0.4 is 8.67 Å². The van der Waals surface area contributed by atoms with E-state index in [1.54, 1.807) is 18.2 Å². The van der Waals surface area contributed by atoms with Gasteiger partial charge in [0.15, 0.2) is 5.75 Å². The summed E-state index contributed by atoms with van der Waals surface area (Å²) in [5.74, 6) is 0.243. The van der Waals surface area contributed by atoms with Crippen LogP contribution in [0, 0.1) is 0 Å². The van der Waals surface area contributed by atoms with E-state index in [9.17, 15) is 8.42 Å². The minimum atomic E-state index is -3.94. The third-order valence-electron chi connectivity index (χ3n) is 1.99. The van der Waals surface area contributed by atoms with Gasteiger partial charge in [0.2, 0.25) is 0 Å². The summed E-state index contributed by atoms with van der Waals surface area (Å²) in [6.45, 7) is 0. The third kappa shape index (κ3) is 3.48. The van der Waals surface area contributed by atoms with Gasteiger partial charge in [0.05, 0.1) is 28.3 Å². The lowest BCUT2D eigenvalue weighted by Crippen LogP contribution is -2.34. The molecule has 0 fully saturated rings. The molecule has 1 aromatic rings. The zero-order valence-corrected chi connectivity index (χ0v) is 10.6. The highest BCUT2D eigenvalue weighted by Gasteiger charge is 2.16. The van der Waals surface area contributed by atoms with E-state index >= 15 is 0 Å². The molecule has 0 aliphatic heterocycles. The van der Waals surface area contributed by atoms with Crippen molar-refractivity contribution >= 4 is 16.1 Å². The highest BCUT2D eigenvalue weighted by atomic mass is 32.3. The summed E-state index contributed by atoms with van der Waals surface area (Å²) in [6, 6.07) is 6.86. The minimum absolute atomic E-state index is 0.243. The summed E-state index contributed by atoms with van der Waals surface area (Å²) in [4.78, 5) is 0. The number of benzene rings is 1. The first kappa shape index (κ1) is 13.0. The fourth-order valence-electron chi connectivity index (χ4n) is 1.10. The highest BCUT2D eigenvalue weighted by molar-refractivity contribution is 7.82. The first-order chi connectivity index (χ1) is 7.24. The molecular weight excluding hydrogens is 230 g/mol. The number of quaternary nitrogens is 1. The Balaban J connectivity index is 3.01. The molecule has 0 aromatic heterocycles. The van der Waals surface area contributed by atoms with Gasteiger partial charge >= 0.3 is 10.4 Å². The van der Waals surface area contributed by atoms with Crippen LogP contribution in [-0.4, -0.2) is 36.7 Å². The molecule has 0 radical (unpaired) electrons. The molecule has 0 bridgehead atoms. The van der Waals surface area contributed by atoms with Crippen molar-refractivity contribution in [3.8, 4) is 5.75 Å². The van der Waals surface area contributed by atoms with Gasteiger partial charge in [-0.1, -0.05) is 6.07 Å². The minimum Gasteiger partial charge on any atom is -0.361 e. The Morgan fingerprint density at radius 1 is 1.19 bits per heavy atom. The van der Waals surface area contributed by atoms with E-state index in [1.165, 1.54) is 0 Å². The van der Waals surface area contributed by atoms with Crippen LogP contribution in [0.2, 0.25) is 0 Å². The SMILES string of the molecule is COS(=O)(=O)Oc1cccc([N+](C)(C)C)c1. The lowest BCUT2D eigenvalue weighted by Gasteiger charge is -2.23. The van der Waals surface area contributed by atoms with E-state index in [4.69, 9.17) is 4.18 Å². The molecule has 0 aliphatic rings. The molecule has 0 saturated carbocycles. The van der Waals surface area contributed by atoms with E-state index in [0.717, 1.165) is 12.8 Å². The monoisotopic (exact) mass is 246 g/mol. The Morgan fingerprint density at radius 3 is 2.31 bits per heavy atom. The number of nitrogens with zero attached hydrogens (tertiary/aromatic N) is 1. The molecule has 0 saturated heterocycles. The van der Waals surface area contributed by atoms with Gasteiger partial charge in [-0.2, -0.15) is 8.42 Å². The molecule has 0 N–H and O–H groups in total. The van der Waals surface area contributed by atoms with Gasteiger partial charge in [0.1, 0.15) is 5.69 Å². The van der Waals surface area contributed by atoms with Crippen molar-refractivity contribution in [3.05, 3.63) is 24.3 Å². The van der Waals surface area contributed by atoms with E-state index in [2.05, 4.69) is 4.18 Å². The molecule has 5 nitrogen and oxygen atoms in total. The Bertz CT molecular complexity index is 462. The molecule has 0 atom stereocenters. The van der Waals surface area contributed by atoms with Gasteiger partial charge in [0.25, 0.3) is 0 Å². The molecule has 0 amide bonds. The second-order valence-corrected chi connectivity index (χ2v) is 5.48. The summed E-state index contributed by atoms with van der Waals surface area (Å²) in [7, 11) is 3.04. The van der Waals surface area contributed by atoms with Gasteiger partial charge in [-0.15, -0.1) is 0 Å². The van der Waals surface area contributed by atoms with Crippen molar-refractivity contribution in [1.29, 1.82) is 0 Å². The van der Waals surface area contributed by atoms with Crippen molar-refractivity contribution in [2.24, 2.45) is 0 Å². The molecule has 1 rings (SSSR count). The molecule has 0 aliphatic carbocycles. The molecule has 6 heteroatoms. The number of rotatable bonds is 4. The summed E-state index contributed by atoms with van der Waals surface area (Å²) in [5, 5.41) is 0. The second kappa shape index (κ2) is 4.40. The molecule has 0 heterocycles. The average Bonchev–Trinajstić information content (AvgIpc) is 2.16. The van der Waals surface area contributed by atoms with Crippen molar-refractivity contribution in [3.63, 3.8) is 0 Å². The van der Waals surface area contributed by atoms with Crippen LogP contribution in [0.4, 0.5) is 5.69 Å². The molecule has 0 spiro atoms. The number of hydrogen-bond donors (Lipinski definition) is 0. The van der Waals surface area contributed by atoms with Gasteiger partial charge in [0, 0.05) is 6.07 Å². The normalized spacial score (nSPS) is 12.5. The Labute approximate surface area is 96.1 Å². The van der Waals surface area contributed by atoms with Crippen LogP contribution in [0.5, 0.6) is 5.75 Å². The molecular formula is C10H16NO4S+. The fraction of sp³-hybridized carbons (Fsp3) is 0.400. The van der Waals surface area contributed by atoms with Crippen LogP contribution in [-0.2, 0) is 14.6 Å². The Kier molecular flexibility index (Phi) is 3.57. The summed E-state index contributed by atoms with van der Waals surface area (Å²) in [5.41, 5.74) is 0.934. The molecule has 90 valence electrons. The zero-order valence-electron chi connectivity index (χ0n) is 9.80. The fourth-order valence-corrected chi connectivity index (χ4v) is 1.51. The Morgan fingerprint density at radius 2 is 1.81 bits per heavy atom. The van der Waals surface area contributed by atoms with Crippen LogP contribution in [0.3, 0.4) is 0 Å². The first-order valence-electron chi connectivity index (χ1n) is 4.67. The average molecular weight is 246 g/mol. The van der Waals surface area contributed by atoms with Crippen LogP contribution in [0.15, 0.2) is 24.3 Å². The topological polar surface area (TPSA) is 52.6 Å². The van der Waals surface area contributed by atoms with Crippen molar-refractivity contribution in [1.82, 2.24) is 4.48 Å². The zero-order chi connectivity index (χ0) is 12.4. The lowest BCUT2D eigenvalue weighted by atomic mass is 10.2. The van der Waals surface area contributed by atoms with Gasteiger partial charge in [-0.25, -0.2) is 4.18 Å². The number of hydrogen-bond acceptors (Lipinski definition) is 4. The maximum atomic E-state index is 11.1. The van der Waals surface area contributed by atoms with Crippen molar-refractivity contribution in [2.75, 3.05) is 28.3 Å². The lowest BCUT2D eigenvalue weighted by molar-refractivity contribution is 0.330. The largest absolute Gasteiger partial charge is 0.448 e. The van der Waals surface area contributed by atoms with Gasteiger partial charge < -0.3 is 4.18 Å². The van der Waals surface area contributed by atoms with E-state index in [0.29, 0.717) is 4.48 Å². The molecule has 0 unspecified atom stereocenters. The predicted molar refractivity (Wildman–Crippen MR) is 62.6 cm³/mol. The van der Waals surface area contributed by atoms with Crippen molar-refractivity contribution in [2.45, 2.75) is 0 Å². The molecule has 1 aromatic carbocycles. The van der Waals surface area contributed by atoms with E-state index in [1.807, 2.05) is 27.2 Å². The maximum absolute atomic E-state index is 11.1. The summed E-state index contributed by atoms with van der Waals surface area (Å²) >= 11 is 0. The van der Waals surface area contributed by atoms with Crippen LogP contribution >= 0.6 is 0 Å². The van der Waals surface area contributed by atoms with Gasteiger partial charge in [-0.3, -0.25) is 4.48 Å². The maximum Gasteiger partial charge on any atom is 0.448 e. The molecule has 16 heavy (non-hydrogen) atoms. The van der Waals surface area contributed by atoms with Crippen molar-refractivity contribution < 1.29 is 16.8 Å². The predicted octanol–water partition coefficient (Wildman–Crippen LogP) is 1.15. The van der Waals surface area contributed by atoms with Gasteiger partial charge in [-0.05, 0) is 12.1 Å². The summed E-state index contributed by atoms with van der Waals surface area (Å²) < 4.78 is 31.7. The smallest absolute Gasteiger partial charge is 0.361 e. The standard InChI is InChI=1S/C10H16NO4S/c1-11(2,3)9-6-5-7-10(8-9)15-16(12,13)14-4/h5-8H,1-4H3/q+1. The highest BCUT2D eigenvalue weighted by Crippen LogP contribution is 2.23.